The van der Waals surface area contributed by atoms with Crippen molar-refractivity contribution in [2.45, 2.75) is 19.5 Å². The summed E-state index contributed by atoms with van der Waals surface area (Å²) in [4.78, 5) is 0. The molecule has 0 fully saturated rings. The predicted octanol–water partition coefficient (Wildman–Crippen LogP) is 1.44. The number of benzene rings is 1. The maximum Gasteiger partial charge on any atom is 0.163 e. The van der Waals surface area contributed by atoms with E-state index in [0.29, 0.717) is 0 Å². The normalized spacial score (nSPS) is 15.5. The van der Waals surface area contributed by atoms with E-state index in [0.717, 1.165) is 43.3 Å². The fraction of sp³-hybridized carbons (Fsp3) is 0.333. The first-order valence-electron chi connectivity index (χ1n) is 5.63. The van der Waals surface area contributed by atoms with Gasteiger partial charge in [-0.25, -0.2) is 0 Å². The zero-order valence-electron chi connectivity index (χ0n) is 9.06. The van der Waals surface area contributed by atoms with Crippen molar-refractivity contribution in [3.63, 3.8) is 0 Å². The molecule has 82 valence electrons. The van der Waals surface area contributed by atoms with Gasteiger partial charge in [0.05, 0.1) is 6.54 Å². The highest BCUT2D eigenvalue weighted by Gasteiger charge is 2.14. The molecule has 0 atom stereocenters. The minimum Gasteiger partial charge on any atom is -0.310 e. The highest BCUT2D eigenvalue weighted by molar-refractivity contribution is 5.54. The van der Waals surface area contributed by atoms with Crippen LogP contribution in [0.5, 0.6) is 0 Å². The first-order chi connectivity index (χ1) is 7.95. The molecule has 1 N–H and O–H groups in total. The maximum atomic E-state index is 4.28. The van der Waals surface area contributed by atoms with Crippen molar-refractivity contribution in [1.29, 1.82) is 0 Å². The molecule has 0 saturated heterocycles. The molecule has 0 bridgehead atoms. The van der Waals surface area contributed by atoms with Crippen LogP contribution in [0.15, 0.2) is 30.3 Å². The Hall–Kier alpha value is -1.68. The van der Waals surface area contributed by atoms with Crippen LogP contribution < -0.4 is 5.32 Å². The smallest absolute Gasteiger partial charge is 0.163 e. The summed E-state index contributed by atoms with van der Waals surface area (Å²) in [6.07, 6.45) is 1.13. The zero-order chi connectivity index (χ0) is 10.8. The van der Waals surface area contributed by atoms with Crippen molar-refractivity contribution in [1.82, 2.24) is 20.1 Å². The third-order valence-corrected chi connectivity index (χ3v) is 2.88. The molecule has 4 nitrogen and oxygen atoms in total. The molecule has 1 aromatic heterocycles. The van der Waals surface area contributed by atoms with Crippen molar-refractivity contribution in [3.05, 3.63) is 36.2 Å². The molecule has 3 rings (SSSR count). The Labute approximate surface area is 94.3 Å². The summed E-state index contributed by atoms with van der Waals surface area (Å²) in [5.41, 5.74) is 1.14. The van der Waals surface area contributed by atoms with Gasteiger partial charge >= 0.3 is 0 Å². The largest absolute Gasteiger partial charge is 0.310 e. The van der Waals surface area contributed by atoms with E-state index in [-0.39, 0.29) is 0 Å². The van der Waals surface area contributed by atoms with Crippen molar-refractivity contribution >= 4 is 0 Å². The molecule has 0 amide bonds. The topological polar surface area (TPSA) is 42.7 Å². The molecule has 0 radical (unpaired) electrons. The van der Waals surface area contributed by atoms with Crippen LogP contribution in [0.3, 0.4) is 0 Å². The number of rotatable bonds is 1. The van der Waals surface area contributed by atoms with E-state index in [2.05, 4.69) is 32.2 Å². The summed E-state index contributed by atoms with van der Waals surface area (Å²) in [5.74, 6) is 2.02. The Morgan fingerprint density at radius 2 is 2.00 bits per heavy atom. The molecule has 1 aliphatic rings. The monoisotopic (exact) mass is 214 g/mol. The minimum absolute atomic E-state index is 0.819. The van der Waals surface area contributed by atoms with Gasteiger partial charge in [-0.3, -0.25) is 0 Å². The molecule has 1 aromatic carbocycles. The van der Waals surface area contributed by atoms with Gasteiger partial charge in [0.1, 0.15) is 5.82 Å². The SMILES string of the molecule is c1ccc(-c2nnc3n2CCCNC3)cc1. The lowest BCUT2D eigenvalue weighted by molar-refractivity contribution is 0.644. The van der Waals surface area contributed by atoms with Gasteiger partial charge in [-0.05, 0) is 13.0 Å². The van der Waals surface area contributed by atoms with Gasteiger partial charge in [-0.15, -0.1) is 10.2 Å². The van der Waals surface area contributed by atoms with Crippen molar-refractivity contribution in [3.8, 4) is 11.4 Å². The zero-order valence-corrected chi connectivity index (χ0v) is 9.06. The van der Waals surface area contributed by atoms with Crippen LogP contribution in [0, 0.1) is 0 Å². The second-order valence-electron chi connectivity index (χ2n) is 3.99. The number of hydrogen-bond donors (Lipinski definition) is 1. The molecule has 0 aliphatic carbocycles. The summed E-state index contributed by atoms with van der Waals surface area (Å²) < 4.78 is 2.22. The Bertz CT molecular complexity index is 475. The first-order valence-corrected chi connectivity index (χ1v) is 5.63. The van der Waals surface area contributed by atoms with Crippen molar-refractivity contribution in [2.24, 2.45) is 0 Å². The second kappa shape index (κ2) is 4.06. The first kappa shape index (κ1) is 9.54. The molecule has 2 aromatic rings. The Morgan fingerprint density at radius 3 is 2.88 bits per heavy atom. The van der Waals surface area contributed by atoms with E-state index in [4.69, 9.17) is 0 Å². The van der Waals surface area contributed by atoms with Crippen LogP contribution in [0.1, 0.15) is 12.2 Å². The molecule has 1 aliphatic heterocycles. The second-order valence-corrected chi connectivity index (χ2v) is 3.99. The van der Waals surface area contributed by atoms with Gasteiger partial charge in [0.25, 0.3) is 0 Å². The number of nitrogens with zero attached hydrogens (tertiary/aromatic N) is 3. The number of hydrogen-bond acceptors (Lipinski definition) is 3. The molecular formula is C12H14N4. The highest BCUT2D eigenvalue weighted by atomic mass is 15.3. The maximum absolute atomic E-state index is 4.28. The Morgan fingerprint density at radius 1 is 1.12 bits per heavy atom. The van der Waals surface area contributed by atoms with Crippen LogP contribution in [0.25, 0.3) is 11.4 Å². The third-order valence-electron chi connectivity index (χ3n) is 2.88. The molecule has 4 heteroatoms. The lowest BCUT2D eigenvalue weighted by atomic mass is 10.2. The standard InChI is InChI=1S/C12H14N4/c1-2-5-10(6-3-1)12-15-14-11-9-13-7-4-8-16(11)12/h1-3,5-6,13H,4,7-9H2. The Balaban J connectivity index is 2.06. The predicted molar refractivity (Wildman–Crippen MR) is 61.8 cm³/mol. The molecule has 16 heavy (non-hydrogen) atoms. The van der Waals surface area contributed by atoms with Gasteiger partial charge in [0.2, 0.25) is 0 Å². The molecule has 0 unspecified atom stereocenters. The van der Waals surface area contributed by atoms with Crippen molar-refractivity contribution in [2.75, 3.05) is 6.54 Å². The van der Waals surface area contributed by atoms with Gasteiger partial charge in [-0.2, -0.15) is 0 Å². The summed E-state index contributed by atoms with van der Waals surface area (Å²) in [5, 5.41) is 11.9. The quantitative estimate of drug-likeness (QED) is 0.781. The fourth-order valence-corrected chi connectivity index (χ4v) is 2.06. The molecule has 0 spiro atoms. The van der Waals surface area contributed by atoms with Gasteiger partial charge in [0.15, 0.2) is 5.82 Å². The molecule has 2 heterocycles. The third kappa shape index (κ3) is 1.61. The average molecular weight is 214 g/mol. The van der Waals surface area contributed by atoms with Gasteiger partial charge in [-0.1, -0.05) is 30.3 Å². The van der Waals surface area contributed by atoms with E-state index < -0.39 is 0 Å². The van der Waals surface area contributed by atoms with E-state index in [1.807, 2.05) is 18.2 Å². The highest BCUT2D eigenvalue weighted by Crippen LogP contribution is 2.19. The Kier molecular flexibility index (Phi) is 2.42. The average Bonchev–Trinajstić information content (AvgIpc) is 2.60. The van der Waals surface area contributed by atoms with Crippen LogP contribution in [0.2, 0.25) is 0 Å². The van der Waals surface area contributed by atoms with Crippen LogP contribution in [-0.2, 0) is 13.1 Å². The minimum atomic E-state index is 0.819. The summed E-state index contributed by atoms with van der Waals surface area (Å²) in [6.45, 7) is 2.87. The molecule has 0 saturated carbocycles. The van der Waals surface area contributed by atoms with Crippen molar-refractivity contribution < 1.29 is 0 Å². The van der Waals surface area contributed by atoms with E-state index in [9.17, 15) is 0 Å². The van der Waals surface area contributed by atoms with Crippen LogP contribution in [0.4, 0.5) is 0 Å². The van der Waals surface area contributed by atoms with Gasteiger partial charge < -0.3 is 9.88 Å². The van der Waals surface area contributed by atoms with Gasteiger partial charge in [0, 0.05) is 12.1 Å². The number of aromatic nitrogens is 3. The van der Waals surface area contributed by atoms with E-state index >= 15 is 0 Å². The molecular weight excluding hydrogens is 200 g/mol. The van der Waals surface area contributed by atoms with E-state index in [1.165, 1.54) is 0 Å². The number of nitrogens with one attached hydrogen (secondary N) is 1. The number of fused-ring (bicyclic) bond motifs is 1. The van der Waals surface area contributed by atoms with E-state index in [1.54, 1.807) is 0 Å². The summed E-state index contributed by atoms with van der Waals surface area (Å²) >= 11 is 0. The lowest BCUT2D eigenvalue weighted by Crippen LogP contribution is -2.12. The summed E-state index contributed by atoms with van der Waals surface area (Å²) in [7, 11) is 0. The lowest BCUT2D eigenvalue weighted by Gasteiger charge is -2.05. The van der Waals surface area contributed by atoms with Crippen LogP contribution in [-0.4, -0.2) is 21.3 Å². The summed E-state index contributed by atoms with van der Waals surface area (Å²) in [6, 6.07) is 10.2. The van der Waals surface area contributed by atoms with Crippen LogP contribution >= 0.6 is 0 Å². The fourth-order valence-electron chi connectivity index (χ4n) is 2.06.